The molecule has 9 nitrogen and oxygen atoms in total. The molecule has 0 aromatic heterocycles. The van der Waals surface area contributed by atoms with Crippen LogP contribution in [0.4, 0.5) is 16.2 Å². The number of amides is 3. The van der Waals surface area contributed by atoms with Gasteiger partial charge in [-0.05, 0) is 76.7 Å². The number of thioether (sulfide) groups is 1. The van der Waals surface area contributed by atoms with Crippen molar-refractivity contribution in [1.29, 1.82) is 0 Å². The van der Waals surface area contributed by atoms with Crippen LogP contribution in [0.1, 0.15) is 18.9 Å². The highest BCUT2D eigenvalue weighted by Gasteiger charge is 2.36. The number of carbonyl (C=O) groups excluding carboxylic acids is 3. The molecule has 2 aromatic rings. The maximum absolute atomic E-state index is 13.0. The number of benzene rings is 2. The molecule has 1 N–H and O–H groups in total. The van der Waals surface area contributed by atoms with Crippen LogP contribution < -0.4 is 19.7 Å². The van der Waals surface area contributed by atoms with E-state index >= 15 is 0 Å². The van der Waals surface area contributed by atoms with E-state index in [9.17, 15) is 14.4 Å². The largest absolute Gasteiger partial charge is 0.493 e. The summed E-state index contributed by atoms with van der Waals surface area (Å²) in [7, 11) is 1.55. The fraction of sp³-hybridized carbons (Fsp3) is 0.346. The molecule has 2 aliphatic heterocycles. The van der Waals surface area contributed by atoms with Crippen LogP contribution in [-0.2, 0) is 14.3 Å². The van der Waals surface area contributed by atoms with Crippen LogP contribution in [-0.4, -0.2) is 68.5 Å². The van der Waals surface area contributed by atoms with Gasteiger partial charge in [0, 0.05) is 13.1 Å². The van der Waals surface area contributed by atoms with Crippen molar-refractivity contribution >= 4 is 68.9 Å². The minimum atomic E-state index is -0.508. The van der Waals surface area contributed by atoms with E-state index in [-0.39, 0.29) is 11.4 Å². The minimum absolute atomic E-state index is 0.242. The SMILES string of the molecule is CCCOc1c(I)cc(/C=C2\SC(=O)N(CC(=O)Nc3ccccc3N3CCOCC3)C2=O)cc1OC. The molecule has 0 atom stereocenters. The molecule has 2 aliphatic rings. The van der Waals surface area contributed by atoms with Crippen molar-refractivity contribution in [3.8, 4) is 11.5 Å². The van der Waals surface area contributed by atoms with Crippen molar-refractivity contribution in [1.82, 2.24) is 4.90 Å². The number of morpholine rings is 1. The van der Waals surface area contributed by atoms with E-state index < -0.39 is 17.1 Å². The number of nitrogens with one attached hydrogen (secondary N) is 1. The third kappa shape index (κ3) is 6.57. The number of carbonyl (C=O) groups is 3. The smallest absolute Gasteiger partial charge is 0.294 e. The van der Waals surface area contributed by atoms with Gasteiger partial charge in [-0.15, -0.1) is 0 Å². The molecule has 2 saturated heterocycles. The van der Waals surface area contributed by atoms with Gasteiger partial charge in [-0.1, -0.05) is 19.1 Å². The van der Waals surface area contributed by atoms with E-state index in [1.54, 1.807) is 25.3 Å². The van der Waals surface area contributed by atoms with Gasteiger partial charge < -0.3 is 24.4 Å². The Bertz CT molecular complexity index is 1210. The molecule has 11 heteroatoms. The third-order valence-corrected chi connectivity index (χ3v) is 7.41. The molecule has 196 valence electrons. The zero-order chi connectivity index (χ0) is 26.4. The van der Waals surface area contributed by atoms with Gasteiger partial charge in [0.05, 0.1) is 46.8 Å². The summed E-state index contributed by atoms with van der Waals surface area (Å²) in [5.74, 6) is 0.234. The number of methoxy groups -OCH3 is 1. The highest BCUT2D eigenvalue weighted by Crippen LogP contribution is 2.37. The third-order valence-electron chi connectivity index (χ3n) is 5.71. The topological polar surface area (TPSA) is 97.4 Å². The highest BCUT2D eigenvalue weighted by molar-refractivity contribution is 14.1. The van der Waals surface area contributed by atoms with Crippen LogP contribution in [0.3, 0.4) is 0 Å². The van der Waals surface area contributed by atoms with Crippen LogP contribution in [0.25, 0.3) is 6.08 Å². The summed E-state index contributed by atoms with van der Waals surface area (Å²) >= 11 is 2.96. The van der Waals surface area contributed by atoms with E-state index in [0.29, 0.717) is 42.6 Å². The predicted octanol–water partition coefficient (Wildman–Crippen LogP) is 4.60. The zero-order valence-electron chi connectivity index (χ0n) is 20.6. The first-order valence-electron chi connectivity index (χ1n) is 11.9. The van der Waals surface area contributed by atoms with E-state index in [1.165, 1.54) is 0 Å². The Morgan fingerprint density at radius 1 is 1.22 bits per heavy atom. The fourth-order valence-corrected chi connectivity index (χ4v) is 5.57. The Hall–Kier alpha value is -2.77. The first kappa shape index (κ1) is 27.3. The standard InChI is InChI=1S/C26H28IN3O6S/c1-3-10-36-24-18(27)13-17(14-21(24)34-2)15-22-25(32)30(26(33)37-22)16-23(31)28-19-6-4-5-7-20(19)29-8-11-35-12-9-29/h4-7,13-15H,3,8-12,16H2,1-2H3,(H,28,31)/b22-15-. The van der Waals surface area contributed by atoms with Crippen LogP contribution in [0.2, 0.25) is 0 Å². The predicted molar refractivity (Wildman–Crippen MR) is 152 cm³/mol. The Balaban J connectivity index is 1.46. The molecule has 37 heavy (non-hydrogen) atoms. The lowest BCUT2D eigenvalue weighted by Crippen LogP contribution is -2.38. The fourth-order valence-electron chi connectivity index (χ4n) is 3.95. The molecule has 2 fully saturated rings. The van der Waals surface area contributed by atoms with E-state index in [4.69, 9.17) is 14.2 Å². The summed E-state index contributed by atoms with van der Waals surface area (Å²) in [5, 5.41) is 2.37. The molecule has 0 bridgehead atoms. The van der Waals surface area contributed by atoms with Crippen LogP contribution in [0, 0.1) is 3.57 Å². The van der Waals surface area contributed by atoms with Gasteiger partial charge in [-0.2, -0.15) is 0 Å². The first-order valence-corrected chi connectivity index (χ1v) is 13.8. The Labute approximate surface area is 233 Å². The molecular formula is C26H28IN3O6S. The lowest BCUT2D eigenvalue weighted by atomic mass is 10.2. The number of hydrogen-bond acceptors (Lipinski definition) is 8. The summed E-state index contributed by atoms with van der Waals surface area (Å²) in [6.07, 6.45) is 2.49. The highest BCUT2D eigenvalue weighted by atomic mass is 127. The molecule has 4 rings (SSSR count). The van der Waals surface area contributed by atoms with Crippen molar-refractivity contribution in [2.45, 2.75) is 13.3 Å². The van der Waals surface area contributed by atoms with Gasteiger partial charge in [0.1, 0.15) is 6.54 Å². The first-order chi connectivity index (χ1) is 17.9. The molecule has 2 heterocycles. The van der Waals surface area contributed by atoms with E-state index in [0.717, 1.165) is 45.4 Å². The second-order valence-electron chi connectivity index (χ2n) is 8.32. The van der Waals surface area contributed by atoms with E-state index in [2.05, 4.69) is 32.8 Å². The van der Waals surface area contributed by atoms with Crippen molar-refractivity contribution < 1.29 is 28.6 Å². The number of hydrogen-bond donors (Lipinski definition) is 1. The Kier molecular flexibility index (Phi) is 9.33. The molecule has 0 unspecified atom stereocenters. The molecule has 2 aromatic carbocycles. The van der Waals surface area contributed by atoms with Gasteiger partial charge in [-0.25, -0.2) is 0 Å². The molecule has 0 aliphatic carbocycles. The summed E-state index contributed by atoms with van der Waals surface area (Å²) in [6, 6.07) is 11.1. The average Bonchev–Trinajstić information content (AvgIpc) is 3.15. The summed E-state index contributed by atoms with van der Waals surface area (Å²) in [6.45, 7) is 4.88. The second-order valence-corrected chi connectivity index (χ2v) is 10.5. The Morgan fingerprint density at radius 2 is 1.97 bits per heavy atom. The number of nitrogens with zero attached hydrogens (tertiary/aromatic N) is 2. The normalized spacial score (nSPS) is 16.9. The number of ether oxygens (including phenoxy) is 3. The summed E-state index contributed by atoms with van der Waals surface area (Å²) < 4.78 is 17.5. The van der Waals surface area contributed by atoms with Gasteiger partial charge in [-0.3, -0.25) is 19.3 Å². The van der Waals surface area contributed by atoms with Crippen molar-refractivity contribution in [2.24, 2.45) is 0 Å². The van der Waals surface area contributed by atoms with Crippen LogP contribution >= 0.6 is 34.4 Å². The van der Waals surface area contributed by atoms with Gasteiger partial charge in [0.25, 0.3) is 11.1 Å². The molecule has 0 spiro atoms. The summed E-state index contributed by atoms with van der Waals surface area (Å²) in [5.41, 5.74) is 2.20. The minimum Gasteiger partial charge on any atom is -0.493 e. The molecule has 0 radical (unpaired) electrons. The Morgan fingerprint density at radius 3 is 2.70 bits per heavy atom. The van der Waals surface area contributed by atoms with Gasteiger partial charge in [0.2, 0.25) is 5.91 Å². The van der Waals surface area contributed by atoms with Gasteiger partial charge in [0.15, 0.2) is 11.5 Å². The number of imide groups is 1. The quantitative estimate of drug-likeness (QED) is 0.315. The lowest BCUT2D eigenvalue weighted by Gasteiger charge is -2.30. The lowest BCUT2D eigenvalue weighted by molar-refractivity contribution is -0.127. The van der Waals surface area contributed by atoms with Gasteiger partial charge >= 0.3 is 0 Å². The van der Waals surface area contributed by atoms with Crippen LogP contribution in [0.5, 0.6) is 11.5 Å². The van der Waals surface area contributed by atoms with Crippen molar-refractivity contribution in [3.63, 3.8) is 0 Å². The number of para-hydroxylation sites is 2. The maximum atomic E-state index is 13.0. The maximum Gasteiger partial charge on any atom is 0.294 e. The zero-order valence-corrected chi connectivity index (χ0v) is 23.6. The van der Waals surface area contributed by atoms with E-state index in [1.807, 2.05) is 31.2 Å². The number of halogens is 1. The summed E-state index contributed by atoms with van der Waals surface area (Å²) in [4.78, 5) is 41.8. The average molecular weight is 637 g/mol. The molecular weight excluding hydrogens is 609 g/mol. The van der Waals surface area contributed by atoms with Crippen LogP contribution in [0.15, 0.2) is 41.3 Å². The van der Waals surface area contributed by atoms with Crippen molar-refractivity contribution in [2.75, 3.05) is 56.8 Å². The molecule has 0 saturated carbocycles. The van der Waals surface area contributed by atoms with Crippen molar-refractivity contribution in [3.05, 3.63) is 50.4 Å². The monoisotopic (exact) mass is 637 g/mol. The number of anilines is 2. The second kappa shape index (κ2) is 12.7. The number of rotatable bonds is 9. The molecule has 3 amide bonds.